The molecule has 1 heterocycles. The van der Waals surface area contributed by atoms with E-state index in [2.05, 4.69) is 11.6 Å². The van der Waals surface area contributed by atoms with Gasteiger partial charge in [0.25, 0.3) is 10.1 Å². The van der Waals surface area contributed by atoms with Crippen molar-refractivity contribution >= 4 is 16.1 Å². The van der Waals surface area contributed by atoms with Crippen molar-refractivity contribution in [1.82, 2.24) is 14.9 Å². The lowest BCUT2D eigenvalue weighted by Crippen LogP contribution is -2.40. The van der Waals surface area contributed by atoms with Crippen molar-refractivity contribution in [2.45, 2.75) is 5.37 Å². The molecule has 0 bridgehead atoms. The third-order valence-electron chi connectivity index (χ3n) is 1.54. The molecule has 0 aliphatic rings. The van der Waals surface area contributed by atoms with E-state index in [0.717, 1.165) is 10.6 Å². The Labute approximate surface area is 86.2 Å². The van der Waals surface area contributed by atoms with Gasteiger partial charge in [0.05, 0.1) is 0 Å². The minimum atomic E-state index is -4.38. The van der Waals surface area contributed by atoms with Crippen molar-refractivity contribution in [2.75, 3.05) is 0 Å². The molecule has 0 spiro atoms. The van der Waals surface area contributed by atoms with Crippen molar-refractivity contribution in [3.8, 4) is 0 Å². The van der Waals surface area contributed by atoms with Gasteiger partial charge >= 0.3 is 6.03 Å². The lowest BCUT2D eigenvalue weighted by molar-refractivity contribution is 0.242. The molecule has 0 saturated heterocycles. The molecule has 82 valence electrons. The first-order valence-corrected chi connectivity index (χ1v) is 5.33. The topological polar surface area (TPSA) is 101 Å². The van der Waals surface area contributed by atoms with E-state index in [9.17, 15) is 13.2 Å². The number of imidazole rings is 1. The quantitative estimate of drug-likeness (QED) is 0.556. The molecule has 0 aliphatic carbocycles. The monoisotopic (exact) mass is 231 g/mol. The van der Waals surface area contributed by atoms with E-state index >= 15 is 0 Å². The number of aromatic nitrogens is 2. The largest absolute Gasteiger partial charge is 0.328 e. The van der Waals surface area contributed by atoms with Gasteiger partial charge in [0.15, 0.2) is 5.37 Å². The van der Waals surface area contributed by atoms with Crippen LogP contribution in [0.25, 0.3) is 0 Å². The highest BCUT2D eigenvalue weighted by Gasteiger charge is 2.21. The normalized spacial score (nSPS) is 13.1. The molecule has 1 unspecified atom stereocenters. The van der Waals surface area contributed by atoms with E-state index < -0.39 is 21.5 Å². The first-order chi connectivity index (χ1) is 6.95. The second-order valence-corrected chi connectivity index (χ2v) is 4.13. The van der Waals surface area contributed by atoms with Crippen LogP contribution in [0.15, 0.2) is 31.4 Å². The Hall–Kier alpha value is -1.67. The van der Waals surface area contributed by atoms with Crippen molar-refractivity contribution in [1.29, 1.82) is 0 Å². The van der Waals surface area contributed by atoms with Gasteiger partial charge < -0.3 is 5.32 Å². The van der Waals surface area contributed by atoms with Gasteiger partial charge in [0.1, 0.15) is 6.33 Å². The first-order valence-electron chi connectivity index (χ1n) is 3.83. The van der Waals surface area contributed by atoms with Crippen molar-refractivity contribution in [3.05, 3.63) is 31.4 Å². The average Bonchev–Trinajstić information content (AvgIpc) is 2.64. The lowest BCUT2D eigenvalue weighted by Gasteiger charge is -2.11. The Morgan fingerprint density at radius 1 is 1.67 bits per heavy atom. The van der Waals surface area contributed by atoms with Crippen LogP contribution in [-0.2, 0) is 10.1 Å². The zero-order valence-electron chi connectivity index (χ0n) is 7.57. The third-order valence-corrected chi connectivity index (χ3v) is 2.49. The summed E-state index contributed by atoms with van der Waals surface area (Å²) in [5.74, 6) is 0. The summed E-state index contributed by atoms with van der Waals surface area (Å²) in [5.41, 5.74) is 0. The molecule has 0 saturated carbocycles. The smallest absolute Gasteiger partial charge is 0.315 e. The summed E-state index contributed by atoms with van der Waals surface area (Å²) >= 11 is 0. The summed E-state index contributed by atoms with van der Waals surface area (Å²) in [6.07, 6.45) is 4.79. The molecule has 0 aromatic carbocycles. The van der Waals surface area contributed by atoms with Crippen LogP contribution in [0.5, 0.6) is 0 Å². The van der Waals surface area contributed by atoms with E-state index in [-0.39, 0.29) is 0 Å². The fourth-order valence-corrected chi connectivity index (χ4v) is 1.32. The van der Waals surface area contributed by atoms with Gasteiger partial charge in [-0.1, -0.05) is 12.7 Å². The zero-order valence-corrected chi connectivity index (χ0v) is 8.38. The van der Waals surface area contributed by atoms with Gasteiger partial charge in [-0.2, -0.15) is 8.42 Å². The van der Waals surface area contributed by atoms with E-state index in [1.807, 2.05) is 5.32 Å². The number of hydrogen-bond acceptors (Lipinski definition) is 4. The molecule has 8 heteroatoms. The standard InChI is InChI=1S/C7H9N3O4S/c1-2-6(15(12,13)14)9-7(11)10-4-3-8-5-10/h2-6H,1H2,(H,9,11)(H,12,13,14). The summed E-state index contributed by atoms with van der Waals surface area (Å²) in [5, 5.41) is 0.502. The fourth-order valence-electron chi connectivity index (χ4n) is 0.830. The third kappa shape index (κ3) is 2.89. The summed E-state index contributed by atoms with van der Waals surface area (Å²) in [4.78, 5) is 14.9. The summed E-state index contributed by atoms with van der Waals surface area (Å²) < 4.78 is 31.1. The van der Waals surface area contributed by atoms with Gasteiger partial charge in [-0.3, -0.25) is 9.12 Å². The van der Waals surface area contributed by atoms with Gasteiger partial charge in [0, 0.05) is 12.4 Å². The molecule has 0 radical (unpaired) electrons. The SMILES string of the molecule is C=CC(NC(=O)n1ccnc1)S(=O)(=O)O. The van der Waals surface area contributed by atoms with Crippen LogP contribution in [0.2, 0.25) is 0 Å². The zero-order chi connectivity index (χ0) is 11.5. The number of rotatable bonds is 3. The van der Waals surface area contributed by atoms with Gasteiger partial charge in [-0.05, 0) is 0 Å². The molecule has 1 rings (SSSR count). The number of nitrogens with zero attached hydrogens (tertiary/aromatic N) is 2. The number of carbonyl (C=O) groups excluding carboxylic acids is 1. The summed E-state index contributed by atoms with van der Waals surface area (Å²) in [6, 6.07) is -0.727. The highest BCUT2D eigenvalue weighted by molar-refractivity contribution is 7.86. The maximum Gasteiger partial charge on any atom is 0.328 e. The molecular formula is C7H9N3O4S. The average molecular weight is 231 g/mol. The molecule has 7 nitrogen and oxygen atoms in total. The van der Waals surface area contributed by atoms with E-state index in [4.69, 9.17) is 4.55 Å². The van der Waals surface area contributed by atoms with Crippen LogP contribution in [0.4, 0.5) is 4.79 Å². The van der Waals surface area contributed by atoms with Crippen molar-refractivity contribution < 1.29 is 17.8 Å². The molecule has 1 amide bonds. The molecule has 1 aromatic heterocycles. The Balaban J connectivity index is 2.78. The van der Waals surface area contributed by atoms with Crippen molar-refractivity contribution in [2.24, 2.45) is 0 Å². The second kappa shape index (κ2) is 4.24. The van der Waals surface area contributed by atoms with Crippen LogP contribution >= 0.6 is 0 Å². The highest BCUT2D eigenvalue weighted by atomic mass is 32.2. The summed E-state index contributed by atoms with van der Waals surface area (Å²) in [7, 11) is -4.38. The lowest BCUT2D eigenvalue weighted by atomic mass is 10.6. The van der Waals surface area contributed by atoms with E-state index in [1.165, 1.54) is 18.7 Å². The van der Waals surface area contributed by atoms with Crippen LogP contribution in [0.3, 0.4) is 0 Å². The Kier molecular flexibility index (Phi) is 3.22. The number of nitrogens with one attached hydrogen (secondary N) is 1. The van der Waals surface area contributed by atoms with Crippen LogP contribution in [0.1, 0.15) is 0 Å². The molecule has 1 aromatic rings. The molecule has 15 heavy (non-hydrogen) atoms. The minimum absolute atomic E-state index is 0.727. The molecule has 0 aliphatic heterocycles. The predicted octanol–water partition coefficient (Wildman–Crippen LogP) is -0.159. The highest BCUT2D eigenvalue weighted by Crippen LogP contribution is 1.97. The summed E-state index contributed by atoms with van der Waals surface area (Å²) in [6.45, 7) is 3.18. The molecule has 0 fully saturated rings. The van der Waals surface area contributed by atoms with Gasteiger partial charge in [-0.25, -0.2) is 9.78 Å². The van der Waals surface area contributed by atoms with Gasteiger partial charge in [0.2, 0.25) is 0 Å². The minimum Gasteiger partial charge on any atom is -0.315 e. The Bertz CT molecular complexity index is 451. The van der Waals surface area contributed by atoms with Crippen molar-refractivity contribution in [3.63, 3.8) is 0 Å². The fraction of sp³-hybridized carbons (Fsp3) is 0.143. The second-order valence-electron chi connectivity index (χ2n) is 2.59. The number of hydrogen-bond donors (Lipinski definition) is 2. The number of amides is 1. The van der Waals surface area contributed by atoms with Gasteiger partial charge in [-0.15, -0.1) is 0 Å². The van der Waals surface area contributed by atoms with Crippen LogP contribution in [0, 0.1) is 0 Å². The molecule has 1 atom stereocenters. The first kappa shape index (κ1) is 11.4. The maximum atomic E-state index is 11.3. The van der Waals surface area contributed by atoms with Crippen LogP contribution in [-0.4, -0.2) is 33.9 Å². The predicted molar refractivity (Wildman–Crippen MR) is 51.7 cm³/mol. The maximum absolute atomic E-state index is 11.3. The Morgan fingerprint density at radius 2 is 2.33 bits per heavy atom. The van der Waals surface area contributed by atoms with E-state index in [0.29, 0.717) is 0 Å². The Morgan fingerprint density at radius 3 is 2.73 bits per heavy atom. The van der Waals surface area contributed by atoms with E-state index in [1.54, 1.807) is 0 Å². The molecule has 2 N–H and O–H groups in total. The number of carbonyl (C=O) groups is 1. The van der Waals surface area contributed by atoms with Crippen LogP contribution < -0.4 is 5.32 Å². The molecular weight excluding hydrogens is 222 g/mol.